The lowest BCUT2D eigenvalue weighted by Gasteiger charge is -2.18. The van der Waals surface area contributed by atoms with E-state index >= 15 is 0 Å². The Morgan fingerprint density at radius 1 is 1.24 bits per heavy atom. The van der Waals surface area contributed by atoms with Gasteiger partial charge in [-0.25, -0.2) is 0 Å². The van der Waals surface area contributed by atoms with Crippen LogP contribution in [0.5, 0.6) is 0 Å². The zero-order valence-corrected chi connectivity index (χ0v) is 19.2. The fourth-order valence-corrected chi connectivity index (χ4v) is 3.97. The van der Waals surface area contributed by atoms with Crippen LogP contribution in [0.3, 0.4) is 0 Å². The number of nitrogens with two attached hydrogens (primary N) is 2. The molecule has 0 unspecified atom stereocenters. The molecule has 10 heteroatoms. The van der Waals surface area contributed by atoms with Crippen LogP contribution < -0.4 is 22.1 Å². The summed E-state index contributed by atoms with van der Waals surface area (Å²) in [6.45, 7) is 5.85. The number of amides is 2. The normalized spacial score (nSPS) is 15.8. The third-order valence-corrected chi connectivity index (χ3v) is 5.74. The number of rotatable bonds is 9. The molecule has 0 spiro atoms. The molecule has 0 saturated heterocycles. The first-order valence-electron chi connectivity index (χ1n) is 11.0. The monoisotopic (exact) mass is 453 g/mol. The molecule has 176 valence electrons. The van der Waals surface area contributed by atoms with E-state index in [1.807, 2.05) is 13.8 Å². The van der Waals surface area contributed by atoms with E-state index in [9.17, 15) is 9.59 Å². The minimum atomic E-state index is -0.825. The van der Waals surface area contributed by atoms with Gasteiger partial charge in [0, 0.05) is 23.7 Å². The Bertz CT molecular complexity index is 1060. The van der Waals surface area contributed by atoms with E-state index in [1.54, 1.807) is 18.2 Å². The standard InChI is InChI=1S/C23H31N7O3/c1-13(2)28-21(25)19(22(26)32)20(24)15-7-6-14(12-27-15)10-18(31)29-17-11-16(33-30-17)23(3)8-4-5-9-23/h6-7,11-13,24,28H,4-5,8-10,25H2,1-3H3,(H2,26,32)(H,29,30,31)/b21-19+,24-20?. The molecule has 2 heterocycles. The Morgan fingerprint density at radius 3 is 2.52 bits per heavy atom. The van der Waals surface area contributed by atoms with Crippen molar-refractivity contribution in [2.75, 3.05) is 5.32 Å². The smallest absolute Gasteiger partial charge is 0.254 e. The number of anilines is 1. The quantitative estimate of drug-likeness (QED) is 0.285. The average Bonchev–Trinajstić information content (AvgIpc) is 3.38. The van der Waals surface area contributed by atoms with Crippen LogP contribution in [0.1, 0.15) is 63.5 Å². The van der Waals surface area contributed by atoms with Crippen LogP contribution in [0.25, 0.3) is 0 Å². The van der Waals surface area contributed by atoms with E-state index in [0.717, 1.165) is 31.4 Å². The summed E-state index contributed by atoms with van der Waals surface area (Å²) in [5.41, 5.74) is 11.8. The minimum Gasteiger partial charge on any atom is -0.385 e. The van der Waals surface area contributed by atoms with E-state index in [4.69, 9.17) is 21.4 Å². The van der Waals surface area contributed by atoms with Crippen molar-refractivity contribution in [1.29, 1.82) is 5.41 Å². The Balaban J connectivity index is 1.64. The highest BCUT2D eigenvalue weighted by Crippen LogP contribution is 2.41. The van der Waals surface area contributed by atoms with Crippen molar-refractivity contribution in [3.8, 4) is 0 Å². The lowest BCUT2D eigenvalue weighted by atomic mass is 9.86. The van der Waals surface area contributed by atoms with Crippen molar-refractivity contribution in [2.45, 2.75) is 64.3 Å². The molecule has 2 aromatic heterocycles. The molecule has 0 atom stereocenters. The van der Waals surface area contributed by atoms with Crippen molar-refractivity contribution < 1.29 is 14.1 Å². The molecule has 0 radical (unpaired) electrons. The van der Waals surface area contributed by atoms with E-state index < -0.39 is 5.91 Å². The van der Waals surface area contributed by atoms with Gasteiger partial charge in [-0.15, -0.1) is 0 Å². The Hall–Kier alpha value is -3.69. The van der Waals surface area contributed by atoms with Gasteiger partial charge in [0.1, 0.15) is 17.2 Å². The van der Waals surface area contributed by atoms with E-state index in [0.29, 0.717) is 11.4 Å². The molecule has 1 aliphatic rings. The second kappa shape index (κ2) is 9.85. The molecule has 2 amide bonds. The number of hydrogen-bond acceptors (Lipinski definition) is 8. The largest absolute Gasteiger partial charge is 0.385 e. The zero-order chi connectivity index (χ0) is 24.2. The molecule has 1 fully saturated rings. The van der Waals surface area contributed by atoms with E-state index in [1.165, 1.54) is 6.20 Å². The van der Waals surface area contributed by atoms with Gasteiger partial charge in [0.2, 0.25) is 5.91 Å². The number of primary amides is 1. The van der Waals surface area contributed by atoms with Crippen LogP contribution in [-0.2, 0) is 21.4 Å². The molecule has 10 nitrogen and oxygen atoms in total. The Labute approximate surface area is 192 Å². The first-order chi connectivity index (χ1) is 15.6. The third kappa shape index (κ3) is 5.76. The second-order valence-electron chi connectivity index (χ2n) is 8.95. The van der Waals surface area contributed by atoms with Gasteiger partial charge < -0.3 is 26.6 Å². The van der Waals surface area contributed by atoms with Crippen molar-refractivity contribution >= 4 is 23.3 Å². The lowest BCUT2D eigenvalue weighted by Crippen LogP contribution is -2.34. The van der Waals surface area contributed by atoms with Crippen LogP contribution >= 0.6 is 0 Å². The fraction of sp³-hybridized carbons (Fsp3) is 0.435. The summed E-state index contributed by atoms with van der Waals surface area (Å²) in [5.74, 6) is 0.114. The summed E-state index contributed by atoms with van der Waals surface area (Å²) in [5, 5.41) is 17.9. The first kappa shape index (κ1) is 24.0. The van der Waals surface area contributed by atoms with Crippen LogP contribution in [-0.4, -0.2) is 33.7 Å². The number of nitrogens with one attached hydrogen (secondary N) is 3. The molecule has 0 aliphatic heterocycles. The molecule has 33 heavy (non-hydrogen) atoms. The van der Waals surface area contributed by atoms with E-state index in [-0.39, 0.29) is 46.6 Å². The summed E-state index contributed by atoms with van der Waals surface area (Å²) in [4.78, 5) is 28.5. The molecule has 0 aromatic carbocycles. The van der Waals surface area contributed by atoms with Crippen molar-refractivity contribution in [3.63, 3.8) is 0 Å². The maximum absolute atomic E-state index is 12.4. The van der Waals surface area contributed by atoms with Gasteiger partial charge in [-0.05, 0) is 38.3 Å². The summed E-state index contributed by atoms with van der Waals surface area (Å²) >= 11 is 0. The van der Waals surface area contributed by atoms with Gasteiger partial charge in [0.05, 0.1) is 17.8 Å². The van der Waals surface area contributed by atoms with Gasteiger partial charge in [-0.3, -0.25) is 20.0 Å². The van der Waals surface area contributed by atoms with Gasteiger partial charge in [-0.2, -0.15) is 0 Å². The average molecular weight is 454 g/mol. The van der Waals surface area contributed by atoms with Crippen LogP contribution in [0, 0.1) is 5.41 Å². The maximum atomic E-state index is 12.4. The highest BCUT2D eigenvalue weighted by molar-refractivity contribution is 6.26. The number of aromatic nitrogens is 2. The first-order valence-corrected chi connectivity index (χ1v) is 11.0. The summed E-state index contributed by atoms with van der Waals surface area (Å²) < 4.78 is 5.47. The SMILES string of the molecule is CC(C)N/C(N)=C(\C(=N)c1ccc(CC(=O)Nc2cc(C3(C)CCCC3)on2)cn1)C(N)=O. The summed E-state index contributed by atoms with van der Waals surface area (Å²) in [6.07, 6.45) is 5.97. The van der Waals surface area contributed by atoms with E-state index in [2.05, 4.69) is 27.7 Å². The number of carbonyl (C=O) groups is 2. The molecule has 3 rings (SSSR count). The molecule has 1 saturated carbocycles. The number of hydrogen-bond donors (Lipinski definition) is 5. The molecule has 2 aromatic rings. The van der Waals surface area contributed by atoms with Gasteiger partial charge in [-0.1, -0.05) is 31.0 Å². The predicted octanol–water partition coefficient (Wildman–Crippen LogP) is 2.10. The van der Waals surface area contributed by atoms with Crippen molar-refractivity contribution in [3.05, 3.63) is 52.8 Å². The summed E-state index contributed by atoms with van der Waals surface area (Å²) in [6, 6.07) is 4.96. The van der Waals surface area contributed by atoms with Crippen LogP contribution in [0.4, 0.5) is 5.82 Å². The Kier molecular flexibility index (Phi) is 7.15. The van der Waals surface area contributed by atoms with Gasteiger partial charge in [0.15, 0.2) is 5.82 Å². The lowest BCUT2D eigenvalue weighted by molar-refractivity contribution is -0.116. The topological polar surface area (TPSA) is 173 Å². The molecule has 0 bridgehead atoms. The van der Waals surface area contributed by atoms with Crippen molar-refractivity contribution in [1.82, 2.24) is 15.5 Å². The fourth-order valence-electron chi connectivity index (χ4n) is 3.97. The van der Waals surface area contributed by atoms with Gasteiger partial charge >= 0.3 is 0 Å². The zero-order valence-electron chi connectivity index (χ0n) is 19.2. The van der Waals surface area contributed by atoms with Gasteiger partial charge in [0.25, 0.3) is 5.91 Å². The highest BCUT2D eigenvalue weighted by atomic mass is 16.5. The third-order valence-electron chi connectivity index (χ3n) is 5.74. The minimum absolute atomic E-state index is 0.0196. The molecule has 1 aliphatic carbocycles. The molecule has 7 N–H and O–H groups in total. The van der Waals surface area contributed by atoms with Crippen LogP contribution in [0.2, 0.25) is 0 Å². The number of nitrogens with zero attached hydrogens (tertiary/aromatic N) is 2. The highest BCUT2D eigenvalue weighted by Gasteiger charge is 2.34. The summed E-state index contributed by atoms with van der Waals surface area (Å²) in [7, 11) is 0. The van der Waals surface area contributed by atoms with Crippen LogP contribution in [0.15, 0.2) is 40.3 Å². The maximum Gasteiger partial charge on any atom is 0.254 e. The molecular weight excluding hydrogens is 422 g/mol. The predicted molar refractivity (Wildman–Crippen MR) is 124 cm³/mol. The Morgan fingerprint density at radius 2 is 1.94 bits per heavy atom. The number of pyridine rings is 1. The molecular formula is C23H31N7O3. The number of carbonyl (C=O) groups excluding carboxylic acids is 2. The van der Waals surface area contributed by atoms with Crippen molar-refractivity contribution in [2.24, 2.45) is 11.5 Å². The second-order valence-corrected chi connectivity index (χ2v) is 8.95.